The van der Waals surface area contributed by atoms with E-state index in [1.165, 1.54) is 28.7 Å². The van der Waals surface area contributed by atoms with Gasteiger partial charge in [-0.25, -0.2) is 9.97 Å². The van der Waals surface area contributed by atoms with Crippen LogP contribution in [0.25, 0.3) is 10.2 Å². The standard InChI is InChI=1S/C21H32N4O2S/c1-3-18-16(2)28-21-19(18)20(22-15-23-21)25-6-4-17(5-7-25)14-27-13-10-24-8-11-26-12-9-24/h15,17H,3-14H2,1-2H3. The zero-order valence-corrected chi connectivity index (χ0v) is 18.0. The fourth-order valence-corrected chi connectivity index (χ4v) is 5.41. The molecule has 0 unspecified atom stereocenters. The summed E-state index contributed by atoms with van der Waals surface area (Å²) in [4.78, 5) is 16.6. The van der Waals surface area contributed by atoms with E-state index in [2.05, 4.69) is 33.6 Å². The Labute approximate surface area is 171 Å². The van der Waals surface area contributed by atoms with E-state index in [4.69, 9.17) is 9.47 Å². The monoisotopic (exact) mass is 404 g/mol. The molecule has 0 aliphatic carbocycles. The lowest BCUT2D eigenvalue weighted by Gasteiger charge is -2.33. The third kappa shape index (κ3) is 4.48. The van der Waals surface area contributed by atoms with Crippen LogP contribution in [-0.4, -0.2) is 74.0 Å². The van der Waals surface area contributed by atoms with E-state index in [9.17, 15) is 0 Å². The number of rotatable bonds is 7. The molecule has 7 heteroatoms. The van der Waals surface area contributed by atoms with Crippen LogP contribution in [0.15, 0.2) is 6.33 Å². The maximum Gasteiger partial charge on any atom is 0.141 e. The summed E-state index contributed by atoms with van der Waals surface area (Å²) in [6, 6.07) is 0. The molecule has 0 spiro atoms. The molecular weight excluding hydrogens is 372 g/mol. The summed E-state index contributed by atoms with van der Waals surface area (Å²) >= 11 is 1.80. The van der Waals surface area contributed by atoms with Crippen LogP contribution < -0.4 is 4.90 Å². The number of fused-ring (bicyclic) bond motifs is 1. The Kier molecular flexibility index (Phi) is 6.77. The van der Waals surface area contributed by atoms with Crippen molar-refractivity contribution < 1.29 is 9.47 Å². The van der Waals surface area contributed by atoms with E-state index < -0.39 is 0 Å². The fraction of sp³-hybridized carbons (Fsp3) is 0.714. The molecule has 2 aromatic heterocycles. The molecule has 0 saturated carbocycles. The van der Waals surface area contributed by atoms with E-state index in [1.807, 2.05) is 0 Å². The van der Waals surface area contributed by atoms with Gasteiger partial charge in [0.25, 0.3) is 0 Å². The zero-order chi connectivity index (χ0) is 19.3. The quantitative estimate of drug-likeness (QED) is 0.661. The minimum Gasteiger partial charge on any atom is -0.380 e. The van der Waals surface area contributed by atoms with Crippen LogP contribution in [0.2, 0.25) is 0 Å². The summed E-state index contributed by atoms with van der Waals surface area (Å²) < 4.78 is 11.4. The number of morpholine rings is 1. The number of piperidine rings is 1. The summed E-state index contributed by atoms with van der Waals surface area (Å²) in [5, 5.41) is 1.28. The number of nitrogens with zero attached hydrogens (tertiary/aromatic N) is 4. The van der Waals surface area contributed by atoms with Crippen molar-refractivity contribution >= 4 is 27.4 Å². The summed E-state index contributed by atoms with van der Waals surface area (Å²) in [6.07, 6.45) is 5.12. The van der Waals surface area contributed by atoms with Crippen molar-refractivity contribution in [3.05, 3.63) is 16.8 Å². The van der Waals surface area contributed by atoms with Crippen molar-refractivity contribution in [1.82, 2.24) is 14.9 Å². The first-order valence-electron chi connectivity index (χ1n) is 10.6. The van der Waals surface area contributed by atoms with Gasteiger partial charge in [0, 0.05) is 44.2 Å². The molecule has 0 atom stereocenters. The first-order valence-corrected chi connectivity index (χ1v) is 11.4. The number of aromatic nitrogens is 2. The van der Waals surface area contributed by atoms with Crippen LogP contribution in [0.3, 0.4) is 0 Å². The third-order valence-electron chi connectivity index (χ3n) is 6.05. The molecule has 0 radical (unpaired) electrons. The molecule has 0 bridgehead atoms. The molecule has 2 fully saturated rings. The molecular formula is C21H32N4O2S. The van der Waals surface area contributed by atoms with Gasteiger partial charge in [-0.2, -0.15) is 0 Å². The number of ether oxygens (including phenoxy) is 2. The van der Waals surface area contributed by atoms with Crippen molar-refractivity contribution in [3.63, 3.8) is 0 Å². The van der Waals surface area contributed by atoms with Gasteiger partial charge < -0.3 is 14.4 Å². The van der Waals surface area contributed by atoms with Crippen molar-refractivity contribution in [1.29, 1.82) is 0 Å². The summed E-state index contributed by atoms with van der Waals surface area (Å²) in [6.45, 7) is 13.1. The molecule has 154 valence electrons. The van der Waals surface area contributed by atoms with E-state index in [-0.39, 0.29) is 0 Å². The Balaban J connectivity index is 1.28. The molecule has 6 nitrogen and oxygen atoms in total. The van der Waals surface area contributed by atoms with Crippen molar-refractivity contribution in [2.45, 2.75) is 33.1 Å². The van der Waals surface area contributed by atoms with E-state index in [0.717, 1.165) is 76.2 Å². The van der Waals surface area contributed by atoms with Gasteiger partial charge in [-0.3, -0.25) is 4.90 Å². The molecule has 0 N–H and O–H groups in total. The minimum atomic E-state index is 0.660. The average Bonchev–Trinajstić information content (AvgIpc) is 3.07. The first kappa shape index (κ1) is 20.0. The Morgan fingerprint density at radius 1 is 1.18 bits per heavy atom. The van der Waals surface area contributed by atoms with E-state index in [1.54, 1.807) is 17.7 Å². The molecule has 28 heavy (non-hydrogen) atoms. The SMILES string of the molecule is CCc1c(C)sc2ncnc(N3CCC(COCCN4CCOCC4)CC3)c12. The van der Waals surface area contributed by atoms with Gasteiger partial charge in [0.1, 0.15) is 17.0 Å². The molecule has 0 aromatic carbocycles. The lowest BCUT2D eigenvalue weighted by Crippen LogP contribution is -2.39. The molecule has 2 aliphatic heterocycles. The van der Waals surface area contributed by atoms with Crippen LogP contribution in [0, 0.1) is 12.8 Å². The Morgan fingerprint density at radius 2 is 1.96 bits per heavy atom. The summed E-state index contributed by atoms with van der Waals surface area (Å²) in [5.74, 6) is 1.80. The molecule has 4 rings (SSSR count). The smallest absolute Gasteiger partial charge is 0.141 e. The number of hydrogen-bond donors (Lipinski definition) is 0. The second-order valence-electron chi connectivity index (χ2n) is 7.83. The molecule has 2 aromatic rings. The molecule has 0 amide bonds. The van der Waals surface area contributed by atoms with Crippen molar-refractivity contribution in [2.24, 2.45) is 5.92 Å². The highest BCUT2D eigenvalue weighted by Gasteiger charge is 2.24. The van der Waals surface area contributed by atoms with E-state index >= 15 is 0 Å². The summed E-state index contributed by atoms with van der Waals surface area (Å²) in [5.41, 5.74) is 1.42. The second kappa shape index (κ2) is 9.48. The molecule has 2 aliphatic rings. The van der Waals surface area contributed by atoms with Gasteiger partial charge in [0.15, 0.2) is 0 Å². The van der Waals surface area contributed by atoms with Gasteiger partial charge in [-0.05, 0) is 37.7 Å². The van der Waals surface area contributed by atoms with Gasteiger partial charge >= 0.3 is 0 Å². The second-order valence-corrected chi connectivity index (χ2v) is 9.03. The zero-order valence-electron chi connectivity index (χ0n) is 17.2. The predicted molar refractivity (Wildman–Crippen MR) is 115 cm³/mol. The number of anilines is 1. The minimum absolute atomic E-state index is 0.660. The van der Waals surface area contributed by atoms with Crippen LogP contribution in [-0.2, 0) is 15.9 Å². The van der Waals surface area contributed by atoms with Crippen molar-refractivity contribution in [3.8, 4) is 0 Å². The number of aryl methyl sites for hydroxylation is 2. The largest absolute Gasteiger partial charge is 0.380 e. The summed E-state index contributed by atoms with van der Waals surface area (Å²) in [7, 11) is 0. The van der Waals surface area contributed by atoms with Crippen LogP contribution in [0.5, 0.6) is 0 Å². The number of hydrogen-bond acceptors (Lipinski definition) is 7. The maximum atomic E-state index is 6.00. The molecule has 4 heterocycles. The van der Waals surface area contributed by atoms with Gasteiger partial charge in [0.05, 0.1) is 25.2 Å². The Morgan fingerprint density at radius 3 is 2.71 bits per heavy atom. The number of thiophene rings is 1. The Bertz CT molecular complexity index is 767. The highest BCUT2D eigenvalue weighted by atomic mass is 32.1. The normalized spacial score (nSPS) is 19.6. The van der Waals surface area contributed by atoms with Crippen molar-refractivity contribution in [2.75, 3.05) is 64.1 Å². The first-order chi connectivity index (χ1) is 13.8. The van der Waals surface area contributed by atoms with E-state index in [0.29, 0.717) is 5.92 Å². The highest BCUT2D eigenvalue weighted by molar-refractivity contribution is 7.18. The lowest BCUT2D eigenvalue weighted by atomic mass is 9.97. The van der Waals surface area contributed by atoms with Gasteiger partial charge in [-0.15, -0.1) is 11.3 Å². The Hall–Kier alpha value is -1.28. The predicted octanol–water partition coefficient (Wildman–Crippen LogP) is 3.13. The highest BCUT2D eigenvalue weighted by Crippen LogP contribution is 2.36. The maximum absolute atomic E-state index is 6.00. The fourth-order valence-electron chi connectivity index (χ4n) is 4.33. The topological polar surface area (TPSA) is 50.7 Å². The molecule has 2 saturated heterocycles. The average molecular weight is 405 g/mol. The van der Waals surface area contributed by atoms with Crippen LogP contribution in [0.4, 0.5) is 5.82 Å². The van der Waals surface area contributed by atoms with Gasteiger partial charge in [0.2, 0.25) is 0 Å². The lowest BCUT2D eigenvalue weighted by molar-refractivity contribution is 0.0144. The van der Waals surface area contributed by atoms with Crippen LogP contribution >= 0.6 is 11.3 Å². The van der Waals surface area contributed by atoms with Crippen LogP contribution in [0.1, 0.15) is 30.2 Å². The third-order valence-corrected chi connectivity index (χ3v) is 7.10. The van der Waals surface area contributed by atoms with Gasteiger partial charge in [-0.1, -0.05) is 6.92 Å².